The Bertz CT molecular complexity index is 497. The van der Waals surface area contributed by atoms with E-state index in [9.17, 15) is 9.59 Å². The summed E-state index contributed by atoms with van der Waals surface area (Å²) in [4.78, 5) is 24.6. The van der Waals surface area contributed by atoms with E-state index in [4.69, 9.17) is 4.74 Å². The van der Waals surface area contributed by atoms with Crippen LogP contribution in [0.15, 0.2) is 30.3 Å². The topological polar surface area (TPSA) is 43.4 Å². The molecule has 1 rings (SSSR count). The van der Waals surface area contributed by atoms with Crippen LogP contribution in [0.1, 0.15) is 59.4 Å². The Hall–Kier alpha value is -1.64. The molecule has 1 atom stereocenters. The molecular formula is C20H30O3. The SMILES string of the molecule is CC(C)C[C@H](CC(=O)CCc1ccccc1)C(=O)OC(C)(C)C. The average molecular weight is 318 g/mol. The maximum Gasteiger partial charge on any atom is 0.309 e. The first-order valence-electron chi connectivity index (χ1n) is 8.46. The Balaban J connectivity index is 2.58. The fraction of sp³-hybridized carbons (Fsp3) is 0.600. The number of ketones is 1. The lowest BCUT2D eigenvalue weighted by Crippen LogP contribution is -2.30. The van der Waals surface area contributed by atoms with Crippen LogP contribution in [-0.4, -0.2) is 17.4 Å². The van der Waals surface area contributed by atoms with Crippen molar-refractivity contribution in [3.63, 3.8) is 0 Å². The summed E-state index contributed by atoms with van der Waals surface area (Å²) in [6, 6.07) is 9.95. The summed E-state index contributed by atoms with van der Waals surface area (Å²) in [7, 11) is 0. The minimum absolute atomic E-state index is 0.130. The molecule has 0 spiro atoms. The van der Waals surface area contributed by atoms with Gasteiger partial charge in [0, 0.05) is 12.8 Å². The molecule has 23 heavy (non-hydrogen) atoms. The van der Waals surface area contributed by atoms with E-state index in [0.717, 1.165) is 12.0 Å². The molecule has 0 amide bonds. The number of aryl methyl sites for hydroxylation is 1. The van der Waals surface area contributed by atoms with Crippen LogP contribution in [0.2, 0.25) is 0 Å². The van der Waals surface area contributed by atoms with Gasteiger partial charge in [0.2, 0.25) is 0 Å². The Kier molecular flexibility index (Phi) is 7.47. The number of carbonyl (C=O) groups excluding carboxylic acids is 2. The molecule has 0 bridgehead atoms. The summed E-state index contributed by atoms with van der Waals surface area (Å²) in [5.41, 5.74) is 0.637. The average Bonchev–Trinajstić information content (AvgIpc) is 2.43. The van der Waals surface area contributed by atoms with Gasteiger partial charge in [0.15, 0.2) is 0 Å². The van der Waals surface area contributed by atoms with Crippen molar-refractivity contribution in [3.05, 3.63) is 35.9 Å². The standard InChI is InChI=1S/C20H30O3/c1-15(2)13-17(19(22)23-20(3,4)5)14-18(21)12-11-16-9-7-6-8-10-16/h6-10,15,17H,11-14H2,1-5H3/t17-/m1/s1. The molecule has 0 aliphatic rings. The minimum Gasteiger partial charge on any atom is -0.460 e. The third-order valence-electron chi connectivity index (χ3n) is 3.51. The first kappa shape index (κ1) is 19.4. The third-order valence-corrected chi connectivity index (χ3v) is 3.51. The van der Waals surface area contributed by atoms with Crippen LogP contribution in [0.5, 0.6) is 0 Å². The number of carbonyl (C=O) groups is 2. The zero-order valence-electron chi connectivity index (χ0n) is 15.1. The molecule has 3 nitrogen and oxygen atoms in total. The molecule has 0 fully saturated rings. The Morgan fingerprint density at radius 1 is 1.09 bits per heavy atom. The number of ether oxygens (including phenoxy) is 1. The van der Waals surface area contributed by atoms with Gasteiger partial charge in [-0.3, -0.25) is 9.59 Å². The van der Waals surface area contributed by atoms with E-state index in [1.807, 2.05) is 51.1 Å². The van der Waals surface area contributed by atoms with E-state index in [-0.39, 0.29) is 24.1 Å². The van der Waals surface area contributed by atoms with E-state index >= 15 is 0 Å². The molecule has 0 aromatic heterocycles. The normalized spacial score (nSPS) is 13.0. The van der Waals surface area contributed by atoms with Gasteiger partial charge in [-0.1, -0.05) is 44.2 Å². The van der Waals surface area contributed by atoms with Gasteiger partial charge in [0.05, 0.1) is 5.92 Å². The largest absolute Gasteiger partial charge is 0.460 e. The Morgan fingerprint density at radius 2 is 1.70 bits per heavy atom. The molecule has 1 aromatic rings. The zero-order valence-corrected chi connectivity index (χ0v) is 15.1. The molecule has 0 aliphatic heterocycles. The van der Waals surface area contributed by atoms with E-state index in [1.54, 1.807) is 0 Å². The predicted molar refractivity (Wildman–Crippen MR) is 93.2 cm³/mol. The van der Waals surface area contributed by atoms with Crippen molar-refractivity contribution >= 4 is 11.8 Å². The second kappa shape index (κ2) is 8.85. The molecule has 0 saturated heterocycles. The number of hydrogen-bond donors (Lipinski definition) is 0. The second-order valence-electron chi connectivity index (χ2n) is 7.59. The van der Waals surface area contributed by atoms with Crippen LogP contribution in [-0.2, 0) is 20.7 Å². The predicted octanol–water partition coefficient (Wildman–Crippen LogP) is 4.58. The smallest absolute Gasteiger partial charge is 0.309 e. The molecule has 0 unspecified atom stereocenters. The summed E-state index contributed by atoms with van der Waals surface area (Å²) >= 11 is 0. The highest BCUT2D eigenvalue weighted by molar-refractivity contribution is 5.84. The highest BCUT2D eigenvalue weighted by Gasteiger charge is 2.27. The molecule has 0 aliphatic carbocycles. The van der Waals surface area contributed by atoms with Crippen molar-refractivity contribution < 1.29 is 14.3 Å². The van der Waals surface area contributed by atoms with Crippen molar-refractivity contribution in [2.45, 2.75) is 65.9 Å². The van der Waals surface area contributed by atoms with Crippen LogP contribution in [0.25, 0.3) is 0 Å². The fourth-order valence-electron chi connectivity index (χ4n) is 2.52. The van der Waals surface area contributed by atoms with E-state index in [0.29, 0.717) is 18.8 Å². The highest BCUT2D eigenvalue weighted by atomic mass is 16.6. The van der Waals surface area contributed by atoms with Crippen LogP contribution < -0.4 is 0 Å². The number of hydrogen-bond acceptors (Lipinski definition) is 3. The zero-order chi connectivity index (χ0) is 17.5. The van der Waals surface area contributed by atoms with Crippen LogP contribution >= 0.6 is 0 Å². The lowest BCUT2D eigenvalue weighted by molar-refractivity contribution is -0.161. The molecule has 0 saturated carbocycles. The summed E-state index contributed by atoms with van der Waals surface area (Å²) in [6.07, 6.45) is 2.16. The molecular weight excluding hydrogens is 288 g/mol. The van der Waals surface area contributed by atoms with Crippen molar-refractivity contribution in [3.8, 4) is 0 Å². The summed E-state index contributed by atoms with van der Waals surface area (Å²) < 4.78 is 5.47. The lowest BCUT2D eigenvalue weighted by Gasteiger charge is -2.24. The summed E-state index contributed by atoms with van der Waals surface area (Å²) in [5, 5.41) is 0. The van der Waals surface area contributed by atoms with Gasteiger partial charge in [-0.25, -0.2) is 0 Å². The van der Waals surface area contributed by atoms with Crippen LogP contribution in [0, 0.1) is 11.8 Å². The maximum absolute atomic E-state index is 12.3. The van der Waals surface area contributed by atoms with Gasteiger partial charge < -0.3 is 4.74 Å². The van der Waals surface area contributed by atoms with Crippen molar-refractivity contribution in [1.82, 2.24) is 0 Å². The third kappa shape index (κ3) is 8.53. The van der Waals surface area contributed by atoms with Gasteiger partial charge >= 0.3 is 5.97 Å². The van der Waals surface area contributed by atoms with Crippen molar-refractivity contribution in [1.29, 1.82) is 0 Å². The van der Waals surface area contributed by atoms with Crippen LogP contribution in [0.3, 0.4) is 0 Å². The van der Waals surface area contributed by atoms with Crippen molar-refractivity contribution in [2.24, 2.45) is 11.8 Å². The van der Waals surface area contributed by atoms with Gasteiger partial charge in [-0.2, -0.15) is 0 Å². The highest BCUT2D eigenvalue weighted by Crippen LogP contribution is 2.22. The van der Waals surface area contributed by atoms with E-state index in [1.165, 1.54) is 0 Å². The molecule has 128 valence electrons. The number of Topliss-reactive ketones (excluding diaryl/α,β-unsaturated/α-hetero) is 1. The van der Waals surface area contributed by atoms with Crippen molar-refractivity contribution in [2.75, 3.05) is 0 Å². The molecule has 0 N–H and O–H groups in total. The van der Waals surface area contributed by atoms with Crippen LogP contribution in [0.4, 0.5) is 0 Å². The van der Waals surface area contributed by atoms with Gasteiger partial charge in [-0.05, 0) is 45.1 Å². The molecule has 1 aromatic carbocycles. The number of benzene rings is 1. The second-order valence-corrected chi connectivity index (χ2v) is 7.59. The molecule has 0 radical (unpaired) electrons. The van der Waals surface area contributed by atoms with E-state index in [2.05, 4.69) is 13.8 Å². The van der Waals surface area contributed by atoms with Gasteiger partial charge in [0.1, 0.15) is 11.4 Å². The fourth-order valence-corrected chi connectivity index (χ4v) is 2.52. The van der Waals surface area contributed by atoms with E-state index < -0.39 is 5.60 Å². The quantitative estimate of drug-likeness (QED) is 0.659. The minimum atomic E-state index is -0.514. The molecule has 0 heterocycles. The maximum atomic E-state index is 12.3. The number of esters is 1. The summed E-state index contributed by atoms with van der Waals surface area (Å²) in [5.74, 6) is -0.100. The van der Waals surface area contributed by atoms with Gasteiger partial charge in [0.25, 0.3) is 0 Å². The van der Waals surface area contributed by atoms with Gasteiger partial charge in [-0.15, -0.1) is 0 Å². The first-order chi connectivity index (χ1) is 10.7. The monoisotopic (exact) mass is 318 g/mol. The molecule has 3 heteroatoms. The first-order valence-corrected chi connectivity index (χ1v) is 8.46. The summed E-state index contributed by atoms with van der Waals surface area (Å²) in [6.45, 7) is 9.69. The number of rotatable bonds is 8. The Morgan fingerprint density at radius 3 is 2.22 bits per heavy atom. The Labute approximate surface area is 140 Å². The lowest BCUT2D eigenvalue weighted by atomic mass is 9.90.